The fourth-order valence-electron chi connectivity index (χ4n) is 1.65. The highest BCUT2D eigenvalue weighted by atomic mass is 32.1. The summed E-state index contributed by atoms with van der Waals surface area (Å²) in [6.07, 6.45) is 0.952. The molecule has 1 aromatic heterocycles. The van der Waals surface area contributed by atoms with Crippen molar-refractivity contribution in [2.75, 3.05) is 0 Å². The van der Waals surface area contributed by atoms with E-state index in [9.17, 15) is 4.79 Å². The molecule has 102 valence electrons. The Balaban J connectivity index is 2.57. The molecule has 0 aliphatic rings. The van der Waals surface area contributed by atoms with Gasteiger partial charge in [-0.05, 0) is 45.6 Å². The fraction of sp³-hybridized carbons (Fsp3) is 0.643. The zero-order valence-electron chi connectivity index (χ0n) is 11.8. The molecule has 3 nitrogen and oxygen atoms in total. The molecular formula is C14H23NO2S. The van der Waals surface area contributed by atoms with Crippen LogP contribution in [-0.4, -0.2) is 17.6 Å². The second-order valence-corrected chi connectivity index (χ2v) is 6.38. The summed E-state index contributed by atoms with van der Waals surface area (Å²) >= 11 is 1.71. The van der Waals surface area contributed by atoms with E-state index in [0.717, 1.165) is 6.42 Å². The maximum atomic E-state index is 11.9. The van der Waals surface area contributed by atoms with Gasteiger partial charge in [0.15, 0.2) is 0 Å². The van der Waals surface area contributed by atoms with E-state index < -0.39 is 5.60 Å². The van der Waals surface area contributed by atoms with Crippen LogP contribution in [0, 0.1) is 0 Å². The highest BCUT2D eigenvalue weighted by molar-refractivity contribution is 7.10. The molecule has 2 atom stereocenters. The van der Waals surface area contributed by atoms with Crippen molar-refractivity contribution in [2.45, 2.75) is 58.7 Å². The first-order valence-corrected chi connectivity index (χ1v) is 7.23. The monoisotopic (exact) mass is 269 g/mol. The fourth-order valence-corrected chi connectivity index (χ4v) is 2.52. The predicted molar refractivity (Wildman–Crippen MR) is 75.8 cm³/mol. The second-order valence-electron chi connectivity index (χ2n) is 5.40. The molecular weight excluding hydrogens is 246 g/mol. The molecule has 0 fully saturated rings. The third-order valence-electron chi connectivity index (χ3n) is 2.51. The Morgan fingerprint density at radius 3 is 2.61 bits per heavy atom. The summed E-state index contributed by atoms with van der Waals surface area (Å²) in [4.78, 5) is 13.2. The van der Waals surface area contributed by atoms with Gasteiger partial charge >= 0.3 is 5.97 Å². The molecule has 0 aromatic carbocycles. The Kier molecular flexibility index (Phi) is 5.35. The van der Waals surface area contributed by atoms with E-state index in [0.29, 0.717) is 0 Å². The lowest BCUT2D eigenvalue weighted by Gasteiger charge is -2.25. The largest absolute Gasteiger partial charge is 0.459 e. The van der Waals surface area contributed by atoms with Crippen molar-refractivity contribution in [2.24, 2.45) is 0 Å². The average molecular weight is 269 g/mol. The minimum absolute atomic E-state index is 0.197. The molecule has 0 saturated carbocycles. The first-order chi connectivity index (χ1) is 8.33. The molecule has 1 heterocycles. The number of carbonyl (C=O) groups is 1. The Labute approximate surface area is 114 Å². The third kappa shape index (κ3) is 4.78. The molecule has 0 saturated heterocycles. The molecule has 0 amide bonds. The Morgan fingerprint density at radius 2 is 2.17 bits per heavy atom. The van der Waals surface area contributed by atoms with Crippen LogP contribution < -0.4 is 5.32 Å². The maximum Gasteiger partial charge on any atom is 0.323 e. The van der Waals surface area contributed by atoms with Crippen LogP contribution in [0.2, 0.25) is 0 Å². The number of carbonyl (C=O) groups excluding carboxylic acids is 1. The van der Waals surface area contributed by atoms with E-state index in [1.807, 2.05) is 33.8 Å². The minimum Gasteiger partial charge on any atom is -0.459 e. The Hall–Kier alpha value is -0.870. The second kappa shape index (κ2) is 6.34. The van der Waals surface area contributed by atoms with Crippen LogP contribution in [0.25, 0.3) is 0 Å². The van der Waals surface area contributed by atoms with Gasteiger partial charge in [0.05, 0.1) is 0 Å². The van der Waals surface area contributed by atoms with Crippen molar-refractivity contribution < 1.29 is 9.53 Å². The molecule has 2 unspecified atom stereocenters. The highest BCUT2D eigenvalue weighted by Crippen LogP contribution is 2.22. The normalized spacial score (nSPS) is 15.2. The number of hydrogen-bond acceptors (Lipinski definition) is 4. The smallest absolute Gasteiger partial charge is 0.323 e. The van der Waals surface area contributed by atoms with Crippen molar-refractivity contribution in [3.63, 3.8) is 0 Å². The van der Waals surface area contributed by atoms with Crippen molar-refractivity contribution in [3.8, 4) is 0 Å². The van der Waals surface area contributed by atoms with Crippen LogP contribution >= 0.6 is 11.3 Å². The topological polar surface area (TPSA) is 38.3 Å². The summed E-state index contributed by atoms with van der Waals surface area (Å²) in [5, 5.41) is 5.38. The van der Waals surface area contributed by atoms with E-state index in [-0.39, 0.29) is 18.1 Å². The van der Waals surface area contributed by atoms with E-state index >= 15 is 0 Å². The summed E-state index contributed by atoms with van der Waals surface area (Å²) in [5.74, 6) is -0.197. The van der Waals surface area contributed by atoms with Gasteiger partial charge < -0.3 is 4.74 Å². The molecule has 1 N–H and O–H groups in total. The lowest BCUT2D eigenvalue weighted by molar-refractivity contribution is -0.157. The summed E-state index contributed by atoms with van der Waals surface area (Å²) in [7, 11) is 0. The number of nitrogens with one attached hydrogen (secondary N) is 1. The van der Waals surface area contributed by atoms with Crippen molar-refractivity contribution in [1.29, 1.82) is 0 Å². The Bertz CT molecular complexity index is 368. The predicted octanol–water partition coefficient (Wildman–Crippen LogP) is 3.52. The molecule has 4 heteroatoms. The van der Waals surface area contributed by atoms with Gasteiger partial charge in [-0.3, -0.25) is 10.1 Å². The van der Waals surface area contributed by atoms with Crippen LogP contribution in [0.15, 0.2) is 17.5 Å². The maximum absolute atomic E-state index is 11.9. The quantitative estimate of drug-likeness (QED) is 0.831. The van der Waals surface area contributed by atoms with Crippen LogP contribution in [0.5, 0.6) is 0 Å². The number of rotatable bonds is 5. The van der Waals surface area contributed by atoms with Crippen molar-refractivity contribution in [1.82, 2.24) is 5.32 Å². The SMILES string of the molecule is CCC(NC(C)C(=O)OC(C)(C)C)c1cccs1. The van der Waals surface area contributed by atoms with E-state index in [1.165, 1.54) is 4.88 Å². The molecule has 0 aliphatic heterocycles. The lowest BCUT2D eigenvalue weighted by Crippen LogP contribution is -2.40. The average Bonchev–Trinajstić information content (AvgIpc) is 2.76. The summed E-state index contributed by atoms with van der Waals surface area (Å²) in [6.45, 7) is 9.61. The van der Waals surface area contributed by atoms with Crippen LogP contribution in [0.3, 0.4) is 0 Å². The van der Waals surface area contributed by atoms with Crippen LogP contribution in [-0.2, 0) is 9.53 Å². The minimum atomic E-state index is -0.433. The number of esters is 1. The standard InChI is InChI=1S/C14H23NO2S/c1-6-11(12-8-7-9-18-12)15-10(2)13(16)17-14(3,4)5/h7-11,15H,6H2,1-5H3. The van der Waals surface area contributed by atoms with Crippen molar-refractivity contribution in [3.05, 3.63) is 22.4 Å². The highest BCUT2D eigenvalue weighted by Gasteiger charge is 2.24. The molecule has 18 heavy (non-hydrogen) atoms. The van der Waals surface area contributed by atoms with Gasteiger partial charge in [-0.25, -0.2) is 0 Å². The van der Waals surface area contributed by atoms with Gasteiger partial charge in [-0.2, -0.15) is 0 Å². The summed E-state index contributed by atoms with van der Waals surface area (Å²) in [6, 6.07) is 4.04. The van der Waals surface area contributed by atoms with Crippen LogP contribution in [0.4, 0.5) is 0 Å². The zero-order valence-corrected chi connectivity index (χ0v) is 12.6. The van der Waals surface area contributed by atoms with E-state index in [1.54, 1.807) is 11.3 Å². The van der Waals surface area contributed by atoms with E-state index in [4.69, 9.17) is 4.74 Å². The van der Waals surface area contributed by atoms with Gasteiger partial charge in [0.1, 0.15) is 11.6 Å². The number of hydrogen-bond donors (Lipinski definition) is 1. The molecule has 0 bridgehead atoms. The summed E-state index contributed by atoms with van der Waals surface area (Å²) in [5.41, 5.74) is -0.433. The molecule has 0 radical (unpaired) electrons. The summed E-state index contributed by atoms with van der Waals surface area (Å²) < 4.78 is 5.36. The molecule has 1 aromatic rings. The zero-order chi connectivity index (χ0) is 13.8. The van der Waals surface area contributed by atoms with Gasteiger partial charge in [-0.15, -0.1) is 11.3 Å². The van der Waals surface area contributed by atoms with Gasteiger partial charge in [0.25, 0.3) is 0 Å². The van der Waals surface area contributed by atoms with Gasteiger partial charge in [0, 0.05) is 10.9 Å². The first kappa shape index (κ1) is 15.2. The third-order valence-corrected chi connectivity index (χ3v) is 3.49. The lowest BCUT2D eigenvalue weighted by atomic mass is 10.1. The Morgan fingerprint density at radius 1 is 1.50 bits per heavy atom. The molecule has 1 rings (SSSR count). The van der Waals surface area contributed by atoms with Crippen LogP contribution in [0.1, 0.15) is 52.0 Å². The number of thiophene rings is 1. The van der Waals surface area contributed by atoms with Gasteiger partial charge in [0.2, 0.25) is 0 Å². The molecule has 0 spiro atoms. The van der Waals surface area contributed by atoms with Crippen molar-refractivity contribution >= 4 is 17.3 Å². The first-order valence-electron chi connectivity index (χ1n) is 6.35. The number of ether oxygens (including phenoxy) is 1. The molecule has 0 aliphatic carbocycles. The van der Waals surface area contributed by atoms with Gasteiger partial charge in [-0.1, -0.05) is 13.0 Å². The van der Waals surface area contributed by atoms with E-state index in [2.05, 4.69) is 23.7 Å².